The molecule has 8 rings (SSSR count). The Morgan fingerprint density at radius 3 is 2.27 bits per heavy atom. The zero-order chi connectivity index (χ0) is 33.6. The van der Waals surface area contributed by atoms with E-state index in [0.717, 1.165) is 58.8 Å². The van der Waals surface area contributed by atoms with Gasteiger partial charge in [-0.1, -0.05) is 54.6 Å². The molecule has 49 heavy (non-hydrogen) atoms. The van der Waals surface area contributed by atoms with Gasteiger partial charge >= 0.3 is 6.03 Å². The number of benzene rings is 4. The van der Waals surface area contributed by atoms with Crippen molar-refractivity contribution in [3.05, 3.63) is 124 Å². The molecule has 2 saturated heterocycles. The van der Waals surface area contributed by atoms with Crippen molar-refractivity contribution in [1.29, 1.82) is 0 Å². The molecule has 5 amide bonds. The van der Waals surface area contributed by atoms with Crippen molar-refractivity contribution in [3.63, 3.8) is 0 Å². The maximum absolute atomic E-state index is 13.2. The lowest BCUT2D eigenvalue weighted by Gasteiger charge is -2.37. The fraction of sp³-hybridized carbons (Fsp3) is 0.263. The number of amides is 5. The SMILES string of the molecule is O=C1CCN(N2C(=O)c3ccc(CN4CCN(c5ccc([C@@H]6c7ccc(O)cc7OC[C@@H]6c6ccccc6)cc5)CC4)cc3C2=O)C(=O)N1. The van der Waals surface area contributed by atoms with E-state index in [1.807, 2.05) is 18.2 Å². The van der Waals surface area contributed by atoms with E-state index >= 15 is 0 Å². The summed E-state index contributed by atoms with van der Waals surface area (Å²) >= 11 is 0. The predicted molar refractivity (Wildman–Crippen MR) is 180 cm³/mol. The highest BCUT2D eigenvalue weighted by Crippen LogP contribution is 2.47. The minimum Gasteiger partial charge on any atom is -0.508 e. The van der Waals surface area contributed by atoms with E-state index in [0.29, 0.717) is 13.2 Å². The number of piperazine rings is 1. The molecular weight excluding hydrogens is 622 g/mol. The normalized spacial score (nSPS) is 20.9. The third-order valence-electron chi connectivity index (χ3n) is 9.98. The third kappa shape index (κ3) is 5.65. The molecule has 0 unspecified atom stereocenters. The summed E-state index contributed by atoms with van der Waals surface area (Å²) in [6.45, 7) is 4.45. The summed E-state index contributed by atoms with van der Waals surface area (Å²) in [5, 5.41) is 14.1. The lowest BCUT2D eigenvalue weighted by atomic mass is 9.76. The topological polar surface area (TPSA) is 123 Å². The first-order valence-corrected chi connectivity index (χ1v) is 16.5. The van der Waals surface area contributed by atoms with Crippen molar-refractivity contribution in [3.8, 4) is 11.5 Å². The average molecular weight is 658 g/mol. The molecule has 0 aliphatic carbocycles. The van der Waals surface area contributed by atoms with Crippen LogP contribution in [0.4, 0.5) is 10.5 Å². The van der Waals surface area contributed by atoms with Gasteiger partial charge in [0.2, 0.25) is 5.91 Å². The Morgan fingerprint density at radius 1 is 0.755 bits per heavy atom. The number of nitrogens with zero attached hydrogens (tertiary/aromatic N) is 4. The Kier molecular flexibility index (Phi) is 7.76. The maximum Gasteiger partial charge on any atom is 0.343 e. The second-order valence-corrected chi connectivity index (χ2v) is 12.9. The van der Waals surface area contributed by atoms with Crippen LogP contribution >= 0.6 is 0 Å². The Hall–Kier alpha value is -5.68. The number of anilines is 1. The van der Waals surface area contributed by atoms with E-state index in [2.05, 4.69) is 63.6 Å². The number of phenolic OH excluding ortho intramolecular Hbond substituents is 1. The van der Waals surface area contributed by atoms with Gasteiger partial charge in [-0.15, -0.1) is 0 Å². The highest BCUT2D eigenvalue weighted by molar-refractivity contribution is 6.22. The highest BCUT2D eigenvalue weighted by Gasteiger charge is 2.43. The van der Waals surface area contributed by atoms with Crippen LogP contribution in [0.3, 0.4) is 0 Å². The van der Waals surface area contributed by atoms with Crippen molar-refractivity contribution in [1.82, 2.24) is 20.2 Å². The number of phenols is 1. The van der Waals surface area contributed by atoms with Gasteiger partial charge in [0.15, 0.2) is 0 Å². The first-order chi connectivity index (χ1) is 23.8. The predicted octanol–water partition coefficient (Wildman–Crippen LogP) is 4.48. The van der Waals surface area contributed by atoms with Gasteiger partial charge < -0.3 is 14.7 Å². The Morgan fingerprint density at radius 2 is 1.51 bits per heavy atom. The van der Waals surface area contributed by atoms with Crippen LogP contribution in [0.2, 0.25) is 0 Å². The molecule has 4 aliphatic rings. The van der Waals surface area contributed by atoms with Crippen LogP contribution in [0.5, 0.6) is 11.5 Å². The van der Waals surface area contributed by atoms with Crippen LogP contribution < -0.4 is 15.0 Å². The van der Waals surface area contributed by atoms with Gasteiger partial charge in [-0.25, -0.2) is 9.80 Å². The van der Waals surface area contributed by atoms with Crippen LogP contribution in [-0.2, 0) is 11.3 Å². The minimum atomic E-state index is -0.773. The molecular formula is C38H35N5O6. The van der Waals surface area contributed by atoms with Crippen LogP contribution in [0, 0.1) is 0 Å². The number of hydrazine groups is 1. The lowest BCUT2D eigenvalue weighted by Crippen LogP contribution is -2.58. The summed E-state index contributed by atoms with van der Waals surface area (Å²) in [5.41, 5.74) is 6.07. The van der Waals surface area contributed by atoms with Gasteiger partial charge in [0.1, 0.15) is 11.5 Å². The standard InChI is InChI=1S/C38H35N5O6/c44-28-11-13-30-33(21-28)49-23-32(25-4-2-1-3-5-25)35(30)26-7-9-27(10-8-26)41-18-16-40(17-19-41)22-24-6-12-29-31(20-24)37(47)43(36(29)46)42-15-14-34(45)39-38(42)48/h1-13,20-21,32,35,44H,14-19,22-23H2,(H,39,45,48)/t32-,35-/m1/s1. The average Bonchev–Trinajstić information content (AvgIpc) is 3.36. The smallest absolute Gasteiger partial charge is 0.343 e. The summed E-state index contributed by atoms with van der Waals surface area (Å²) in [5.74, 6) is -0.416. The number of nitrogens with one attached hydrogen (secondary N) is 1. The van der Waals surface area contributed by atoms with Gasteiger partial charge in [0.05, 0.1) is 24.3 Å². The molecule has 4 aromatic carbocycles. The summed E-state index contributed by atoms with van der Waals surface area (Å²) in [6, 6.07) is 29.1. The van der Waals surface area contributed by atoms with Crippen LogP contribution in [0.15, 0.2) is 91.0 Å². The van der Waals surface area contributed by atoms with Gasteiger partial charge in [0, 0.05) is 68.3 Å². The second-order valence-electron chi connectivity index (χ2n) is 12.9. The number of hydrogen-bond acceptors (Lipinski definition) is 8. The van der Waals surface area contributed by atoms with Crippen LogP contribution in [0.1, 0.15) is 61.2 Å². The van der Waals surface area contributed by atoms with Crippen molar-refractivity contribution >= 4 is 29.4 Å². The van der Waals surface area contributed by atoms with Gasteiger partial charge in [-0.2, -0.15) is 5.01 Å². The molecule has 2 fully saturated rings. The maximum atomic E-state index is 13.2. The molecule has 4 aromatic rings. The summed E-state index contributed by atoms with van der Waals surface area (Å²) in [4.78, 5) is 54.9. The summed E-state index contributed by atoms with van der Waals surface area (Å²) in [6.07, 6.45) is 0.0197. The first-order valence-electron chi connectivity index (χ1n) is 16.5. The number of fused-ring (bicyclic) bond motifs is 2. The fourth-order valence-electron chi connectivity index (χ4n) is 7.45. The monoisotopic (exact) mass is 657 g/mol. The molecule has 2 N–H and O–H groups in total. The van der Waals surface area contributed by atoms with Crippen molar-refractivity contribution in [2.45, 2.75) is 24.8 Å². The largest absolute Gasteiger partial charge is 0.508 e. The molecule has 0 saturated carbocycles. The third-order valence-corrected chi connectivity index (χ3v) is 9.98. The molecule has 4 heterocycles. The minimum absolute atomic E-state index is 0.0197. The van der Waals surface area contributed by atoms with Crippen molar-refractivity contribution in [2.24, 2.45) is 0 Å². The van der Waals surface area contributed by atoms with Crippen molar-refractivity contribution < 1.29 is 29.0 Å². The van der Waals surface area contributed by atoms with E-state index < -0.39 is 23.8 Å². The molecule has 0 aromatic heterocycles. The Balaban J connectivity index is 0.931. The first kappa shape index (κ1) is 30.6. The zero-order valence-electron chi connectivity index (χ0n) is 26.7. The molecule has 4 aliphatic heterocycles. The summed E-state index contributed by atoms with van der Waals surface area (Å²) < 4.78 is 6.13. The van der Waals surface area contributed by atoms with E-state index in [1.165, 1.54) is 11.1 Å². The summed E-state index contributed by atoms with van der Waals surface area (Å²) in [7, 11) is 0. The second kappa shape index (κ2) is 12.4. The number of urea groups is 1. The number of aromatic hydroxyl groups is 1. The zero-order valence-corrected chi connectivity index (χ0v) is 26.7. The van der Waals surface area contributed by atoms with Gasteiger partial charge in [0.25, 0.3) is 11.8 Å². The fourth-order valence-corrected chi connectivity index (χ4v) is 7.45. The van der Waals surface area contributed by atoms with E-state index in [-0.39, 0.29) is 41.7 Å². The number of imide groups is 2. The number of ether oxygens (including phenoxy) is 1. The number of rotatable bonds is 6. The number of hydrogen-bond donors (Lipinski definition) is 2. The van der Waals surface area contributed by atoms with Crippen molar-refractivity contribution in [2.75, 3.05) is 44.2 Å². The quantitative estimate of drug-likeness (QED) is 0.291. The molecule has 11 heteroatoms. The Bertz CT molecular complexity index is 1960. The van der Waals surface area contributed by atoms with Crippen LogP contribution in [-0.4, -0.2) is 83.1 Å². The molecule has 2 atom stereocenters. The van der Waals surface area contributed by atoms with Gasteiger partial charge in [-0.05, 0) is 47.0 Å². The lowest BCUT2D eigenvalue weighted by molar-refractivity contribution is -0.122. The van der Waals surface area contributed by atoms with Gasteiger partial charge in [-0.3, -0.25) is 24.6 Å². The Labute approximate surface area is 283 Å². The molecule has 11 nitrogen and oxygen atoms in total. The van der Waals surface area contributed by atoms with E-state index in [1.54, 1.807) is 24.3 Å². The molecule has 0 radical (unpaired) electrons. The molecule has 0 bridgehead atoms. The molecule has 0 spiro atoms. The number of carbonyl (C=O) groups excluding carboxylic acids is 4. The van der Waals surface area contributed by atoms with E-state index in [9.17, 15) is 24.3 Å². The van der Waals surface area contributed by atoms with E-state index in [4.69, 9.17) is 4.74 Å². The number of carbonyl (C=O) groups is 4. The molecule has 248 valence electrons. The highest BCUT2D eigenvalue weighted by atomic mass is 16.5. The van der Waals surface area contributed by atoms with Crippen LogP contribution in [0.25, 0.3) is 0 Å².